The molecule has 0 spiro atoms. The van der Waals surface area contributed by atoms with Crippen molar-refractivity contribution in [2.45, 2.75) is 15.7 Å². The molecular formula is C27H18N4O2S3. The molecule has 9 heteroatoms. The van der Waals surface area contributed by atoms with Crippen molar-refractivity contribution in [2.75, 3.05) is 0 Å². The molecule has 176 valence electrons. The minimum Gasteiger partial charge on any atom is -0.450 e. The summed E-state index contributed by atoms with van der Waals surface area (Å²) in [4.78, 5) is 18.0. The predicted octanol–water partition coefficient (Wildman–Crippen LogP) is 7.09. The van der Waals surface area contributed by atoms with Crippen LogP contribution in [0, 0.1) is 5.41 Å². The lowest BCUT2D eigenvalue weighted by Gasteiger charge is -2.19. The van der Waals surface area contributed by atoms with Crippen molar-refractivity contribution >= 4 is 73.4 Å². The zero-order valence-corrected chi connectivity index (χ0v) is 21.2. The van der Waals surface area contributed by atoms with Crippen molar-refractivity contribution in [1.29, 1.82) is 5.41 Å². The van der Waals surface area contributed by atoms with Crippen LogP contribution in [0.25, 0.3) is 16.8 Å². The van der Waals surface area contributed by atoms with Gasteiger partial charge in [0.2, 0.25) is 5.17 Å². The molecule has 1 N–H and O–H groups in total. The van der Waals surface area contributed by atoms with E-state index in [1.165, 1.54) is 34.1 Å². The predicted molar refractivity (Wildman–Crippen MR) is 150 cm³/mol. The summed E-state index contributed by atoms with van der Waals surface area (Å²) in [5.74, 6) is 0.760. The van der Waals surface area contributed by atoms with Crippen LogP contribution in [0.5, 0.6) is 0 Å². The van der Waals surface area contributed by atoms with Crippen molar-refractivity contribution in [3.05, 3.63) is 102 Å². The van der Waals surface area contributed by atoms with E-state index in [2.05, 4.69) is 46.5 Å². The normalized spacial score (nSPS) is 16.4. The maximum Gasteiger partial charge on any atom is 0.283 e. The Morgan fingerprint density at radius 2 is 1.78 bits per heavy atom. The van der Waals surface area contributed by atoms with E-state index in [0.29, 0.717) is 16.0 Å². The summed E-state index contributed by atoms with van der Waals surface area (Å²) in [6.45, 7) is 0. The molecule has 0 fully saturated rings. The summed E-state index contributed by atoms with van der Waals surface area (Å²) in [5, 5.41) is 17.9. The number of thioether (sulfide) groups is 2. The van der Waals surface area contributed by atoms with Gasteiger partial charge in [-0.05, 0) is 52.4 Å². The lowest BCUT2D eigenvalue weighted by Crippen LogP contribution is -2.35. The molecule has 6 nitrogen and oxygen atoms in total. The Hall–Kier alpha value is -3.53. The quantitative estimate of drug-likeness (QED) is 0.280. The SMILES string of the molecule is N=C1/C(=C\c2ccc(Sc3cccc4ccccc34)o2)C(=O)N=C2SC(SCc3ccccc3)=NN12. The van der Waals surface area contributed by atoms with Crippen molar-refractivity contribution in [1.82, 2.24) is 5.01 Å². The number of fused-ring (bicyclic) bond motifs is 2. The van der Waals surface area contributed by atoms with Gasteiger partial charge in [-0.3, -0.25) is 10.2 Å². The van der Waals surface area contributed by atoms with Crippen molar-refractivity contribution < 1.29 is 9.21 Å². The highest BCUT2D eigenvalue weighted by Gasteiger charge is 2.36. The van der Waals surface area contributed by atoms with E-state index < -0.39 is 5.91 Å². The average molecular weight is 527 g/mol. The van der Waals surface area contributed by atoms with Crippen molar-refractivity contribution in [3.8, 4) is 0 Å². The molecule has 3 aromatic carbocycles. The molecule has 0 atom stereocenters. The van der Waals surface area contributed by atoms with Crippen LogP contribution in [0.4, 0.5) is 0 Å². The van der Waals surface area contributed by atoms with Crippen LogP contribution >= 0.6 is 35.3 Å². The number of amides is 1. The number of rotatable bonds is 5. The summed E-state index contributed by atoms with van der Waals surface area (Å²) in [6, 6.07) is 28.1. The second kappa shape index (κ2) is 9.85. The second-order valence-electron chi connectivity index (χ2n) is 7.90. The summed E-state index contributed by atoms with van der Waals surface area (Å²) in [5.41, 5.74) is 1.33. The van der Waals surface area contributed by atoms with Crippen molar-refractivity contribution in [2.24, 2.45) is 10.1 Å². The van der Waals surface area contributed by atoms with Gasteiger partial charge in [-0.15, -0.1) is 5.10 Å². The number of nitrogens with zero attached hydrogens (tertiary/aromatic N) is 3. The number of carbonyl (C=O) groups excluding carboxylic acids is 1. The zero-order valence-electron chi connectivity index (χ0n) is 18.8. The number of amidine groups is 2. The Balaban J connectivity index is 1.19. The molecule has 36 heavy (non-hydrogen) atoms. The first kappa shape index (κ1) is 22.9. The van der Waals surface area contributed by atoms with Crippen LogP contribution in [0.15, 0.2) is 115 Å². The molecule has 2 aliphatic heterocycles. The molecule has 0 unspecified atom stereocenters. The molecular weight excluding hydrogens is 509 g/mol. The Morgan fingerprint density at radius 1 is 0.972 bits per heavy atom. The van der Waals surface area contributed by atoms with Gasteiger partial charge in [0.1, 0.15) is 5.76 Å². The molecule has 0 saturated heterocycles. The first-order valence-electron chi connectivity index (χ1n) is 11.1. The van der Waals surface area contributed by atoms with Gasteiger partial charge in [-0.1, -0.05) is 90.3 Å². The Morgan fingerprint density at radius 3 is 2.67 bits per heavy atom. The first-order chi connectivity index (χ1) is 17.6. The molecule has 4 aromatic rings. The molecule has 0 aliphatic carbocycles. The molecule has 3 heterocycles. The highest BCUT2D eigenvalue weighted by Crippen LogP contribution is 2.36. The van der Waals surface area contributed by atoms with Crippen LogP contribution < -0.4 is 0 Å². The topological polar surface area (TPSA) is 82.0 Å². The Kier molecular flexibility index (Phi) is 6.27. The highest BCUT2D eigenvalue weighted by molar-refractivity contribution is 8.45. The van der Waals surface area contributed by atoms with Gasteiger partial charge in [0.25, 0.3) is 5.91 Å². The molecule has 0 radical (unpaired) electrons. The van der Waals surface area contributed by atoms with Gasteiger partial charge < -0.3 is 4.42 Å². The third kappa shape index (κ3) is 4.65. The molecule has 0 saturated carbocycles. The van der Waals surface area contributed by atoms with Crippen molar-refractivity contribution in [3.63, 3.8) is 0 Å². The molecule has 1 aromatic heterocycles. The average Bonchev–Trinajstić information content (AvgIpc) is 3.53. The third-order valence-electron chi connectivity index (χ3n) is 5.49. The molecule has 2 aliphatic rings. The van der Waals surface area contributed by atoms with E-state index in [1.807, 2.05) is 42.5 Å². The number of benzene rings is 3. The van der Waals surface area contributed by atoms with E-state index >= 15 is 0 Å². The van der Waals surface area contributed by atoms with Gasteiger partial charge in [0, 0.05) is 10.6 Å². The number of aliphatic imine (C=N–C) groups is 1. The summed E-state index contributed by atoms with van der Waals surface area (Å²) < 4.78 is 6.73. The van der Waals surface area contributed by atoms with Crippen LogP contribution in [-0.2, 0) is 10.5 Å². The number of furan rings is 1. The summed E-state index contributed by atoms with van der Waals surface area (Å²) in [7, 11) is 0. The lowest BCUT2D eigenvalue weighted by atomic mass is 10.1. The monoisotopic (exact) mass is 526 g/mol. The zero-order chi connectivity index (χ0) is 24.5. The number of hydrogen-bond donors (Lipinski definition) is 1. The number of hydrogen-bond acceptors (Lipinski definition) is 7. The standard InChI is InChI=1S/C27H18N4O2S3/c28-24-21(25(32)29-26-31(24)30-27(36-26)34-16-17-7-2-1-3-8-17)15-19-13-14-23(33-19)35-22-12-6-10-18-9-4-5-11-20(18)22/h1-15,28H,16H2/b21-15+,28-24?. The van der Waals surface area contributed by atoms with E-state index in [-0.39, 0.29) is 11.4 Å². The van der Waals surface area contributed by atoms with Gasteiger partial charge in [-0.25, -0.2) is 0 Å². The van der Waals surface area contributed by atoms with E-state index in [9.17, 15) is 4.79 Å². The fraction of sp³-hybridized carbons (Fsp3) is 0.0370. The summed E-state index contributed by atoms with van der Waals surface area (Å²) in [6.07, 6.45) is 1.56. The Labute approximate surface area is 220 Å². The lowest BCUT2D eigenvalue weighted by molar-refractivity contribution is -0.114. The van der Waals surface area contributed by atoms with Crippen LogP contribution in [0.1, 0.15) is 11.3 Å². The first-order valence-corrected chi connectivity index (χ1v) is 13.7. The number of carbonyl (C=O) groups is 1. The van der Waals surface area contributed by atoms with Gasteiger partial charge in [0.05, 0.1) is 5.57 Å². The second-order valence-corrected chi connectivity index (χ2v) is 11.1. The largest absolute Gasteiger partial charge is 0.450 e. The molecule has 6 rings (SSSR count). The van der Waals surface area contributed by atoms with E-state index in [0.717, 1.165) is 25.8 Å². The minimum absolute atomic E-state index is 0.00697. The van der Waals surface area contributed by atoms with Gasteiger partial charge in [0.15, 0.2) is 15.3 Å². The number of nitrogens with one attached hydrogen (secondary N) is 1. The van der Waals surface area contributed by atoms with Gasteiger partial charge >= 0.3 is 0 Å². The molecule has 0 bridgehead atoms. The maximum atomic E-state index is 12.7. The Bertz CT molecular complexity index is 1590. The van der Waals surface area contributed by atoms with E-state index in [1.54, 1.807) is 23.9 Å². The third-order valence-corrected chi connectivity index (χ3v) is 8.60. The highest BCUT2D eigenvalue weighted by atomic mass is 32.2. The fourth-order valence-corrected chi connectivity index (χ4v) is 6.57. The van der Waals surface area contributed by atoms with Crippen LogP contribution in [0.3, 0.4) is 0 Å². The summed E-state index contributed by atoms with van der Waals surface area (Å²) >= 11 is 4.39. The molecule has 1 amide bonds. The van der Waals surface area contributed by atoms with E-state index in [4.69, 9.17) is 9.83 Å². The fourth-order valence-electron chi connectivity index (χ4n) is 3.75. The van der Waals surface area contributed by atoms with Gasteiger partial charge in [-0.2, -0.15) is 10.0 Å². The smallest absolute Gasteiger partial charge is 0.283 e. The number of hydrazone groups is 1. The maximum absolute atomic E-state index is 12.7. The minimum atomic E-state index is -0.470. The van der Waals surface area contributed by atoms with Crippen LogP contribution in [0.2, 0.25) is 0 Å². The van der Waals surface area contributed by atoms with Crippen LogP contribution in [-0.4, -0.2) is 26.3 Å².